The summed E-state index contributed by atoms with van der Waals surface area (Å²) in [6.45, 7) is 2.05. The molecule has 0 spiro atoms. The van der Waals surface area contributed by atoms with Gasteiger partial charge in [0.1, 0.15) is 24.2 Å². The van der Waals surface area contributed by atoms with Gasteiger partial charge in [-0.3, -0.25) is 0 Å². The van der Waals surface area contributed by atoms with Gasteiger partial charge in [0.15, 0.2) is 0 Å². The first-order valence-corrected chi connectivity index (χ1v) is 6.75. The highest BCUT2D eigenvalue weighted by Crippen LogP contribution is 2.17. The molecule has 0 saturated carbocycles. The number of hydrogen-bond acceptors (Lipinski definition) is 3. The second-order valence-corrected chi connectivity index (χ2v) is 5.00. The number of nitrogens with zero attached hydrogens (tertiary/aromatic N) is 1. The van der Waals surface area contributed by atoms with Crippen LogP contribution in [0.3, 0.4) is 0 Å². The molecule has 1 atom stereocenters. The van der Waals surface area contributed by atoms with Crippen LogP contribution < -0.4 is 10.5 Å². The molecule has 0 fully saturated rings. The maximum Gasteiger partial charge on any atom is 0.147 e. The highest BCUT2D eigenvalue weighted by atomic mass is 19.1. The zero-order valence-corrected chi connectivity index (χ0v) is 11.8. The summed E-state index contributed by atoms with van der Waals surface area (Å²) in [5.41, 5.74) is 7.28. The van der Waals surface area contributed by atoms with Gasteiger partial charge in [-0.2, -0.15) is 5.26 Å². The lowest BCUT2D eigenvalue weighted by atomic mass is 10.1. The third-order valence-corrected chi connectivity index (χ3v) is 3.07. The van der Waals surface area contributed by atoms with Crippen molar-refractivity contribution >= 4 is 0 Å². The van der Waals surface area contributed by atoms with E-state index in [4.69, 9.17) is 15.7 Å². The molecule has 0 bridgehead atoms. The first-order valence-electron chi connectivity index (χ1n) is 6.75. The molecule has 0 aliphatic carbocycles. The summed E-state index contributed by atoms with van der Waals surface area (Å²) >= 11 is 0. The van der Waals surface area contributed by atoms with E-state index in [1.54, 1.807) is 12.1 Å². The van der Waals surface area contributed by atoms with Gasteiger partial charge in [-0.25, -0.2) is 4.39 Å². The molecule has 0 aliphatic rings. The van der Waals surface area contributed by atoms with Crippen molar-refractivity contribution in [2.45, 2.75) is 26.0 Å². The van der Waals surface area contributed by atoms with E-state index in [2.05, 4.69) is 0 Å². The van der Waals surface area contributed by atoms with E-state index in [-0.39, 0.29) is 18.2 Å². The average molecular weight is 284 g/mol. The summed E-state index contributed by atoms with van der Waals surface area (Å²) < 4.78 is 19.4. The summed E-state index contributed by atoms with van der Waals surface area (Å²) in [6.07, 6.45) is 0.805. The van der Waals surface area contributed by atoms with Gasteiger partial charge < -0.3 is 10.5 Å². The Labute approximate surface area is 123 Å². The van der Waals surface area contributed by atoms with Crippen LogP contribution in [0.15, 0.2) is 42.5 Å². The Balaban J connectivity index is 2.02. The highest BCUT2D eigenvalue weighted by molar-refractivity contribution is 5.35. The van der Waals surface area contributed by atoms with E-state index in [1.165, 1.54) is 6.07 Å². The zero-order chi connectivity index (χ0) is 15.2. The molecule has 2 aromatic rings. The predicted molar refractivity (Wildman–Crippen MR) is 79.2 cm³/mol. The van der Waals surface area contributed by atoms with Gasteiger partial charge >= 0.3 is 0 Å². The third-order valence-electron chi connectivity index (χ3n) is 3.07. The minimum atomic E-state index is -0.520. The fourth-order valence-electron chi connectivity index (χ4n) is 2.03. The maximum atomic E-state index is 13.9. The summed E-state index contributed by atoms with van der Waals surface area (Å²) in [5.74, 6) is 0.138. The SMILES string of the molecule is CC(N)Cc1ccc(OCc2cccc(C#N)c2F)cc1. The van der Waals surface area contributed by atoms with Crippen LogP contribution in [0.25, 0.3) is 0 Å². The average Bonchev–Trinajstić information content (AvgIpc) is 2.47. The molecular formula is C17H17FN2O. The van der Waals surface area contributed by atoms with Crippen LogP contribution in [-0.2, 0) is 13.0 Å². The van der Waals surface area contributed by atoms with Crippen molar-refractivity contribution in [3.8, 4) is 11.8 Å². The van der Waals surface area contributed by atoms with Gasteiger partial charge in [0, 0.05) is 11.6 Å². The molecule has 0 heterocycles. The van der Waals surface area contributed by atoms with Crippen LogP contribution in [0.5, 0.6) is 5.75 Å². The predicted octanol–water partition coefficient (Wildman–Crippen LogP) is 3.17. The van der Waals surface area contributed by atoms with E-state index in [0.717, 1.165) is 12.0 Å². The Morgan fingerprint density at radius 3 is 2.57 bits per heavy atom. The largest absolute Gasteiger partial charge is 0.489 e. The Bertz CT molecular complexity index is 645. The molecule has 2 aromatic carbocycles. The lowest BCUT2D eigenvalue weighted by Gasteiger charge is -2.09. The summed E-state index contributed by atoms with van der Waals surface area (Å²) in [7, 11) is 0. The molecule has 0 saturated heterocycles. The minimum absolute atomic E-state index is 0.0309. The van der Waals surface area contributed by atoms with Crippen LogP contribution in [0.4, 0.5) is 4.39 Å². The molecule has 108 valence electrons. The topological polar surface area (TPSA) is 59.0 Å². The van der Waals surface area contributed by atoms with Crippen LogP contribution in [0.2, 0.25) is 0 Å². The Kier molecular flexibility index (Phi) is 4.91. The van der Waals surface area contributed by atoms with Gasteiger partial charge in [0.2, 0.25) is 0 Å². The quantitative estimate of drug-likeness (QED) is 0.917. The van der Waals surface area contributed by atoms with E-state index in [9.17, 15) is 4.39 Å². The zero-order valence-electron chi connectivity index (χ0n) is 11.8. The molecular weight excluding hydrogens is 267 g/mol. The van der Waals surface area contributed by atoms with Crippen molar-refractivity contribution in [2.24, 2.45) is 5.73 Å². The van der Waals surface area contributed by atoms with E-state index in [0.29, 0.717) is 11.3 Å². The summed E-state index contributed by atoms with van der Waals surface area (Å²) in [4.78, 5) is 0. The van der Waals surface area contributed by atoms with Crippen LogP contribution in [-0.4, -0.2) is 6.04 Å². The van der Waals surface area contributed by atoms with E-state index in [1.807, 2.05) is 37.3 Å². The van der Waals surface area contributed by atoms with Crippen molar-refractivity contribution in [1.29, 1.82) is 5.26 Å². The van der Waals surface area contributed by atoms with Crippen molar-refractivity contribution < 1.29 is 9.13 Å². The van der Waals surface area contributed by atoms with Crippen LogP contribution in [0, 0.1) is 17.1 Å². The molecule has 1 unspecified atom stereocenters. The normalized spacial score (nSPS) is 11.7. The number of halogens is 1. The van der Waals surface area contributed by atoms with Crippen LogP contribution >= 0.6 is 0 Å². The fraction of sp³-hybridized carbons (Fsp3) is 0.235. The highest BCUT2D eigenvalue weighted by Gasteiger charge is 2.08. The molecule has 0 aliphatic heterocycles. The molecule has 3 nitrogen and oxygen atoms in total. The summed E-state index contributed by atoms with van der Waals surface area (Å²) in [5, 5.41) is 8.79. The van der Waals surface area contributed by atoms with Crippen molar-refractivity contribution in [3.63, 3.8) is 0 Å². The first-order chi connectivity index (χ1) is 10.1. The minimum Gasteiger partial charge on any atom is -0.489 e. The second-order valence-electron chi connectivity index (χ2n) is 5.00. The number of rotatable bonds is 5. The summed E-state index contributed by atoms with van der Waals surface area (Å²) in [6, 6.07) is 14.2. The van der Waals surface area contributed by atoms with Gasteiger partial charge in [0.25, 0.3) is 0 Å². The number of ether oxygens (including phenoxy) is 1. The molecule has 0 radical (unpaired) electrons. The molecule has 4 heteroatoms. The molecule has 0 amide bonds. The lowest BCUT2D eigenvalue weighted by Crippen LogP contribution is -2.17. The van der Waals surface area contributed by atoms with Crippen molar-refractivity contribution in [2.75, 3.05) is 0 Å². The Morgan fingerprint density at radius 1 is 1.24 bits per heavy atom. The smallest absolute Gasteiger partial charge is 0.147 e. The monoisotopic (exact) mass is 284 g/mol. The number of benzene rings is 2. The first kappa shape index (κ1) is 15.0. The fourth-order valence-corrected chi connectivity index (χ4v) is 2.03. The lowest BCUT2D eigenvalue weighted by molar-refractivity contribution is 0.299. The second kappa shape index (κ2) is 6.87. The van der Waals surface area contributed by atoms with Gasteiger partial charge in [-0.15, -0.1) is 0 Å². The van der Waals surface area contributed by atoms with E-state index < -0.39 is 5.82 Å². The van der Waals surface area contributed by atoms with Crippen molar-refractivity contribution in [1.82, 2.24) is 0 Å². The van der Waals surface area contributed by atoms with Gasteiger partial charge in [-0.1, -0.05) is 24.3 Å². The standard InChI is InChI=1S/C17H17FN2O/c1-12(20)9-13-5-7-16(8-6-13)21-11-15-4-2-3-14(10-19)17(15)18/h2-8,12H,9,11,20H2,1H3. The Morgan fingerprint density at radius 2 is 1.95 bits per heavy atom. The van der Waals surface area contributed by atoms with Crippen LogP contribution in [0.1, 0.15) is 23.6 Å². The molecule has 2 rings (SSSR count). The van der Waals surface area contributed by atoms with Gasteiger partial charge in [0.05, 0.1) is 5.56 Å². The molecule has 2 N–H and O–H groups in total. The van der Waals surface area contributed by atoms with Crippen molar-refractivity contribution in [3.05, 3.63) is 65.0 Å². The van der Waals surface area contributed by atoms with Gasteiger partial charge in [-0.05, 0) is 37.1 Å². The maximum absolute atomic E-state index is 13.9. The molecule has 21 heavy (non-hydrogen) atoms. The Hall–Kier alpha value is -2.38. The number of nitriles is 1. The molecule has 0 aromatic heterocycles. The number of hydrogen-bond donors (Lipinski definition) is 1. The third kappa shape index (κ3) is 4.04. The number of nitrogens with two attached hydrogens (primary N) is 1. The van der Waals surface area contributed by atoms with E-state index >= 15 is 0 Å².